The van der Waals surface area contributed by atoms with Gasteiger partial charge in [-0.25, -0.2) is 9.97 Å². The SMILES string of the molecule is Cn1nccc1CNc1nc(Br)cn2ccnc12. The molecule has 0 atom stereocenters. The summed E-state index contributed by atoms with van der Waals surface area (Å²) in [5.41, 5.74) is 1.89. The van der Waals surface area contributed by atoms with Gasteiger partial charge >= 0.3 is 0 Å². The number of anilines is 1. The Balaban J connectivity index is 1.90. The number of halogens is 1. The van der Waals surface area contributed by atoms with Crippen LogP contribution in [0, 0.1) is 0 Å². The third-order valence-corrected chi connectivity index (χ3v) is 3.09. The van der Waals surface area contributed by atoms with Crippen molar-refractivity contribution in [3.8, 4) is 0 Å². The van der Waals surface area contributed by atoms with E-state index in [1.165, 1.54) is 0 Å². The molecule has 0 aliphatic rings. The first-order valence-electron chi connectivity index (χ1n) is 5.44. The van der Waals surface area contributed by atoms with Gasteiger partial charge in [-0.2, -0.15) is 5.10 Å². The predicted octanol–water partition coefficient (Wildman–Crippen LogP) is 1.84. The topological polar surface area (TPSA) is 60.0 Å². The van der Waals surface area contributed by atoms with Crippen LogP contribution in [0.3, 0.4) is 0 Å². The van der Waals surface area contributed by atoms with E-state index in [1.807, 2.05) is 34.6 Å². The standard InChI is InChI=1S/C11H11BrN6/c1-17-8(2-3-15-17)6-14-10-11-13-4-5-18(11)7-9(12)16-10/h2-5,7H,6H2,1H3,(H,14,16). The van der Waals surface area contributed by atoms with Gasteiger partial charge in [0.05, 0.1) is 12.2 Å². The minimum absolute atomic E-state index is 0.655. The Morgan fingerprint density at radius 1 is 1.39 bits per heavy atom. The smallest absolute Gasteiger partial charge is 0.180 e. The average molecular weight is 307 g/mol. The van der Waals surface area contributed by atoms with E-state index in [9.17, 15) is 0 Å². The van der Waals surface area contributed by atoms with Gasteiger partial charge in [-0.1, -0.05) is 0 Å². The molecule has 18 heavy (non-hydrogen) atoms. The Bertz CT molecular complexity index is 686. The summed E-state index contributed by atoms with van der Waals surface area (Å²) in [6.07, 6.45) is 7.28. The van der Waals surface area contributed by atoms with E-state index >= 15 is 0 Å². The zero-order chi connectivity index (χ0) is 12.5. The lowest BCUT2D eigenvalue weighted by Gasteiger charge is -2.07. The molecule has 1 N–H and O–H groups in total. The van der Waals surface area contributed by atoms with E-state index in [1.54, 1.807) is 12.4 Å². The molecule has 0 saturated heterocycles. The van der Waals surface area contributed by atoms with Crippen LogP contribution in [0.2, 0.25) is 0 Å². The molecule has 7 heteroatoms. The highest BCUT2D eigenvalue weighted by Crippen LogP contribution is 2.17. The van der Waals surface area contributed by atoms with E-state index in [4.69, 9.17) is 0 Å². The molecular formula is C11H11BrN6. The Hall–Kier alpha value is -1.89. The van der Waals surface area contributed by atoms with Crippen LogP contribution in [0.15, 0.2) is 35.5 Å². The van der Waals surface area contributed by atoms with E-state index in [2.05, 4.69) is 36.3 Å². The molecule has 0 aromatic carbocycles. The van der Waals surface area contributed by atoms with E-state index in [-0.39, 0.29) is 0 Å². The van der Waals surface area contributed by atoms with Crippen molar-refractivity contribution >= 4 is 27.4 Å². The average Bonchev–Trinajstić information content (AvgIpc) is 2.94. The molecule has 0 spiro atoms. The highest BCUT2D eigenvalue weighted by molar-refractivity contribution is 9.10. The second-order valence-electron chi connectivity index (χ2n) is 3.87. The summed E-state index contributed by atoms with van der Waals surface area (Å²) in [6, 6.07) is 1.97. The van der Waals surface area contributed by atoms with Crippen molar-refractivity contribution in [2.45, 2.75) is 6.54 Å². The van der Waals surface area contributed by atoms with Crippen molar-refractivity contribution in [3.05, 3.63) is 41.2 Å². The number of hydrogen-bond acceptors (Lipinski definition) is 4. The van der Waals surface area contributed by atoms with Gasteiger partial charge in [-0.3, -0.25) is 4.68 Å². The van der Waals surface area contributed by atoms with Gasteiger partial charge in [0.25, 0.3) is 0 Å². The van der Waals surface area contributed by atoms with Crippen LogP contribution < -0.4 is 5.32 Å². The molecule has 3 heterocycles. The van der Waals surface area contributed by atoms with Gasteiger partial charge in [0.2, 0.25) is 0 Å². The number of fused-ring (bicyclic) bond motifs is 1. The normalized spacial score (nSPS) is 11.0. The van der Waals surface area contributed by atoms with Crippen LogP contribution in [0.5, 0.6) is 0 Å². The second kappa shape index (κ2) is 4.41. The molecule has 6 nitrogen and oxygen atoms in total. The molecule has 0 saturated carbocycles. The number of nitrogens with zero attached hydrogens (tertiary/aromatic N) is 5. The Labute approximate surface area is 112 Å². The minimum Gasteiger partial charge on any atom is -0.361 e. The highest BCUT2D eigenvalue weighted by Gasteiger charge is 2.07. The van der Waals surface area contributed by atoms with E-state index < -0.39 is 0 Å². The lowest BCUT2D eigenvalue weighted by molar-refractivity contribution is 0.720. The maximum Gasteiger partial charge on any atom is 0.180 e. The van der Waals surface area contributed by atoms with Crippen LogP contribution in [-0.4, -0.2) is 24.1 Å². The summed E-state index contributed by atoms with van der Waals surface area (Å²) >= 11 is 3.38. The minimum atomic E-state index is 0.655. The molecular weight excluding hydrogens is 296 g/mol. The summed E-state index contributed by atoms with van der Waals surface area (Å²) in [5.74, 6) is 0.746. The predicted molar refractivity (Wildman–Crippen MR) is 71.2 cm³/mol. The Kier molecular flexibility index (Phi) is 2.75. The quantitative estimate of drug-likeness (QED) is 0.802. The van der Waals surface area contributed by atoms with Crippen molar-refractivity contribution in [1.29, 1.82) is 0 Å². The lowest BCUT2D eigenvalue weighted by Crippen LogP contribution is -2.08. The maximum atomic E-state index is 4.40. The lowest BCUT2D eigenvalue weighted by atomic mass is 10.4. The largest absolute Gasteiger partial charge is 0.361 e. The first kappa shape index (κ1) is 11.2. The summed E-state index contributed by atoms with van der Waals surface area (Å²) in [7, 11) is 1.91. The Morgan fingerprint density at radius 2 is 2.28 bits per heavy atom. The first-order chi connectivity index (χ1) is 8.74. The fraction of sp³-hybridized carbons (Fsp3) is 0.182. The zero-order valence-electron chi connectivity index (χ0n) is 9.71. The van der Waals surface area contributed by atoms with Crippen molar-refractivity contribution < 1.29 is 0 Å². The molecule has 0 unspecified atom stereocenters. The van der Waals surface area contributed by atoms with Crippen LogP contribution in [0.25, 0.3) is 5.65 Å². The van der Waals surface area contributed by atoms with E-state index in [0.29, 0.717) is 6.54 Å². The fourth-order valence-corrected chi connectivity index (χ4v) is 2.17. The number of rotatable bonds is 3. The Morgan fingerprint density at radius 3 is 3.06 bits per heavy atom. The number of nitrogens with one attached hydrogen (secondary N) is 1. The third-order valence-electron chi connectivity index (χ3n) is 2.70. The third kappa shape index (κ3) is 1.97. The van der Waals surface area contributed by atoms with Crippen LogP contribution >= 0.6 is 15.9 Å². The number of hydrogen-bond donors (Lipinski definition) is 1. The highest BCUT2D eigenvalue weighted by atomic mass is 79.9. The van der Waals surface area contributed by atoms with Crippen molar-refractivity contribution in [3.63, 3.8) is 0 Å². The second-order valence-corrected chi connectivity index (χ2v) is 4.68. The summed E-state index contributed by atoms with van der Waals surface area (Å²) in [6.45, 7) is 0.655. The van der Waals surface area contributed by atoms with E-state index in [0.717, 1.165) is 21.8 Å². The van der Waals surface area contributed by atoms with Crippen molar-refractivity contribution in [1.82, 2.24) is 24.1 Å². The van der Waals surface area contributed by atoms with Gasteiger partial charge in [-0.15, -0.1) is 0 Å². The van der Waals surface area contributed by atoms with Crippen LogP contribution in [0.4, 0.5) is 5.82 Å². The zero-order valence-corrected chi connectivity index (χ0v) is 11.3. The van der Waals surface area contributed by atoms with Crippen molar-refractivity contribution in [2.24, 2.45) is 7.05 Å². The monoisotopic (exact) mass is 306 g/mol. The maximum absolute atomic E-state index is 4.40. The molecule has 0 bridgehead atoms. The summed E-state index contributed by atoms with van der Waals surface area (Å²) in [4.78, 5) is 8.67. The molecule has 0 aliphatic carbocycles. The van der Waals surface area contributed by atoms with Crippen molar-refractivity contribution in [2.75, 3.05) is 5.32 Å². The molecule has 3 rings (SSSR count). The molecule has 3 aromatic heterocycles. The van der Waals surface area contributed by atoms with Crippen LogP contribution in [0.1, 0.15) is 5.69 Å². The molecule has 3 aromatic rings. The first-order valence-corrected chi connectivity index (χ1v) is 6.23. The fourth-order valence-electron chi connectivity index (χ4n) is 1.77. The summed E-state index contributed by atoms with van der Waals surface area (Å²) < 4.78 is 4.51. The molecule has 0 aliphatic heterocycles. The van der Waals surface area contributed by atoms with Gasteiger partial charge < -0.3 is 9.72 Å². The number of imidazole rings is 1. The van der Waals surface area contributed by atoms with Gasteiger partial charge in [0.15, 0.2) is 11.5 Å². The van der Waals surface area contributed by atoms with Crippen LogP contribution in [-0.2, 0) is 13.6 Å². The number of aromatic nitrogens is 5. The van der Waals surface area contributed by atoms with Gasteiger partial charge in [-0.05, 0) is 22.0 Å². The molecule has 0 radical (unpaired) electrons. The molecule has 0 fully saturated rings. The molecule has 92 valence electrons. The van der Waals surface area contributed by atoms with Gasteiger partial charge in [0, 0.05) is 31.8 Å². The van der Waals surface area contributed by atoms with Gasteiger partial charge in [0.1, 0.15) is 4.60 Å². The molecule has 0 amide bonds. The number of aryl methyl sites for hydroxylation is 1. The summed E-state index contributed by atoms with van der Waals surface area (Å²) in [5, 5.41) is 7.40.